The molecule has 0 spiro atoms. The summed E-state index contributed by atoms with van der Waals surface area (Å²) in [5.74, 6) is 1.66. The van der Waals surface area contributed by atoms with Gasteiger partial charge in [0.15, 0.2) is 0 Å². The molecule has 1 unspecified atom stereocenters. The molecule has 3 heteroatoms. The summed E-state index contributed by atoms with van der Waals surface area (Å²) >= 11 is 0. The summed E-state index contributed by atoms with van der Waals surface area (Å²) in [5, 5.41) is 0. The van der Waals surface area contributed by atoms with Crippen LogP contribution in [0.1, 0.15) is 26.2 Å². The summed E-state index contributed by atoms with van der Waals surface area (Å²) in [5.41, 5.74) is 6.55. The average molecular weight is 248 g/mol. The number of hydrogen-bond donors (Lipinski definition) is 1. The molecule has 2 N–H and O–H groups in total. The molecule has 1 aromatic rings. The number of nitrogens with two attached hydrogens (primary N) is 1. The van der Waals surface area contributed by atoms with E-state index in [1.165, 1.54) is 25.9 Å². The quantitative estimate of drug-likeness (QED) is 0.643. The number of ether oxygens (including phenoxy) is 1. The second kappa shape index (κ2) is 6.64. The predicted octanol–water partition coefficient (Wildman–Crippen LogP) is 2.77. The molecule has 0 amide bonds. The minimum absolute atomic E-state index is 0.726. The fourth-order valence-electron chi connectivity index (χ4n) is 2.57. The Kier molecular flexibility index (Phi) is 4.88. The van der Waals surface area contributed by atoms with E-state index in [0.717, 1.165) is 36.9 Å². The number of benzene rings is 1. The zero-order valence-corrected chi connectivity index (χ0v) is 11.3. The van der Waals surface area contributed by atoms with Crippen LogP contribution in [0.3, 0.4) is 0 Å². The summed E-state index contributed by atoms with van der Waals surface area (Å²) < 4.78 is 5.70. The van der Waals surface area contributed by atoms with Gasteiger partial charge in [0.1, 0.15) is 5.75 Å². The van der Waals surface area contributed by atoms with Crippen LogP contribution in [0.25, 0.3) is 0 Å². The van der Waals surface area contributed by atoms with Gasteiger partial charge in [0.25, 0.3) is 0 Å². The van der Waals surface area contributed by atoms with E-state index in [4.69, 9.17) is 10.5 Å². The van der Waals surface area contributed by atoms with Gasteiger partial charge in [-0.15, -0.1) is 0 Å². The van der Waals surface area contributed by atoms with Gasteiger partial charge in [-0.2, -0.15) is 0 Å². The van der Waals surface area contributed by atoms with Crippen LogP contribution in [0, 0.1) is 5.92 Å². The average Bonchev–Trinajstić information content (AvgIpc) is 2.37. The van der Waals surface area contributed by atoms with Gasteiger partial charge < -0.3 is 15.4 Å². The van der Waals surface area contributed by atoms with E-state index >= 15 is 0 Å². The molecule has 1 atom stereocenters. The van der Waals surface area contributed by atoms with Gasteiger partial charge in [-0.05, 0) is 43.9 Å². The minimum atomic E-state index is 0.726. The largest absolute Gasteiger partial charge is 0.491 e. The molecule has 1 heterocycles. The van der Waals surface area contributed by atoms with E-state index in [9.17, 15) is 0 Å². The smallest absolute Gasteiger partial charge is 0.142 e. The second-order valence-corrected chi connectivity index (χ2v) is 5.29. The standard InChI is InChI=1S/C15H24N2O/c1-13-6-4-9-17(12-13)10-5-11-18-15-8-3-2-7-14(15)16/h2-3,7-8,13H,4-6,9-12,16H2,1H3. The molecule has 2 rings (SSSR count). The Balaban J connectivity index is 1.65. The lowest BCUT2D eigenvalue weighted by atomic mass is 10.0. The maximum absolute atomic E-state index is 5.83. The number of nitrogen functional groups attached to an aromatic ring is 1. The van der Waals surface area contributed by atoms with Gasteiger partial charge >= 0.3 is 0 Å². The van der Waals surface area contributed by atoms with Gasteiger partial charge in [0.2, 0.25) is 0 Å². The summed E-state index contributed by atoms with van der Waals surface area (Å²) in [6.45, 7) is 6.72. The number of rotatable bonds is 5. The molecule has 0 saturated carbocycles. The highest BCUT2D eigenvalue weighted by atomic mass is 16.5. The normalized spacial score (nSPS) is 20.8. The van der Waals surface area contributed by atoms with Gasteiger partial charge in [-0.1, -0.05) is 19.1 Å². The van der Waals surface area contributed by atoms with Crippen molar-refractivity contribution in [2.24, 2.45) is 5.92 Å². The first-order valence-corrected chi connectivity index (χ1v) is 6.95. The summed E-state index contributed by atoms with van der Waals surface area (Å²) in [6, 6.07) is 7.69. The lowest BCUT2D eigenvalue weighted by Gasteiger charge is -2.30. The van der Waals surface area contributed by atoms with E-state index in [-0.39, 0.29) is 0 Å². The lowest BCUT2D eigenvalue weighted by Crippen LogP contribution is -2.35. The van der Waals surface area contributed by atoms with E-state index in [1.807, 2.05) is 24.3 Å². The molecule has 1 aliphatic heterocycles. The van der Waals surface area contributed by atoms with E-state index in [2.05, 4.69) is 11.8 Å². The first-order valence-electron chi connectivity index (χ1n) is 6.95. The fourth-order valence-corrected chi connectivity index (χ4v) is 2.57. The third kappa shape index (κ3) is 3.91. The third-order valence-electron chi connectivity index (χ3n) is 3.54. The fraction of sp³-hybridized carbons (Fsp3) is 0.600. The molecule has 1 saturated heterocycles. The second-order valence-electron chi connectivity index (χ2n) is 5.29. The van der Waals surface area contributed by atoms with Crippen molar-refractivity contribution in [3.63, 3.8) is 0 Å². The molecule has 1 aliphatic rings. The summed E-state index contributed by atoms with van der Waals surface area (Å²) in [6.07, 6.45) is 3.79. The topological polar surface area (TPSA) is 38.5 Å². The first-order chi connectivity index (χ1) is 8.75. The zero-order chi connectivity index (χ0) is 12.8. The maximum atomic E-state index is 5.83. The number of piperidine rings is 1. The van der Waals surface area contributed by atoms with Crippen molar-refractivity contribution in [3.8, 4) is 5.75 Å². The van der Waals surface area contributed by atoms with Gasteiger partial charge in [-0.25, -0.2) is 0 Å². The predicted molar refractivity (Wildman–Crippen MR) is 75.8 cm³/mol. The Morgan fingerprint density at radius 2 is 2.22 bits per heavy atom. The monoisotopic (exact) mass is 248 g/mol. The molecule has 100 valence electrons. The van der Waals surface area contributed by atoms with Crippen LogP contribution in [-0.2, 0) is 0 Å². The Morgan fingerprint density at radius 1 is 1.39 bits per heavy atom. The molecular weight excluding hydrogens is 224 g/mol. The van der Waals surface area contributed by atoms with Crippen molar-refractivity contribution in [2.75, 3.05) is 32.0 Å². The van der Waals surface area contributed by atoms with Crippen LogP contribution in [0.4, 0.5) is 5.69 Å². The Morgan fingerprint density at radius 3 is 3.00 bits per heavy atom. The van der Waals surface area contributed by atoms with Gasteiger partial charge in [-0.3, -0.25) is 0 Å². The highest BCUT2D eigenvalue weighted by Crippen LogP contribution is 2.20. The van der Waals surface area contributed by atoms with Crippen molar-refractivity contribution in [1.29, 1.82) is 0 Å². The van der Waals surface area contributed by atoms with Crippen LogP contribution < -0.4 is 10.5 Å². The Labute approximate surface area is 110 Å². The molecule has 3 nitrogen and oxygen atoms in total. The molecule has 1 aromatic carbocycles. The highest BCUT2D eigenvalue weighted by molar-refractivity contribution is 5.51. The van der Waals surface area contributed by atoms with Crippen LogP contribution >= 0.6 is 0 Å². The lowest BCUT2D eigenvalue weighted by molar-refractivity contribution is 0.170. The first kappa shape index (κ1) is 13.2. The molecule has 18 heavy (non-hydrogen) atoms. The number of hydrogen-bond acceptors (Lipinski definition) is 3. The number of likely N-dealkylation sites (tertiary alicyclic amines) is 1. The number of anilines is 1. The number of nitrogens with zero attached hydrogens (tertiary/aromatic N) is 1. The van der Waals surface area contributed by atoms with Crippen molar-refractivity contribution in [1.82, 2.24) is 4.90 Å². The number of para-hydroxylation sites is 2. The maximum Gasteiger partial charge on any atom is 0.142 e. The van der Waals surface area contributed by atoms with Gasteiger partial charge in [0.05, 0.1) is 12.3 Å². The molecule has 0 aliphatic carbocycles. The van der Waals surface area contributed by atoms with Crippen LogP contribution in [0.2, 0.25) is 0 Å². The van der Waals surface area contributed by atoms with Crippen LogP contribution in [0.5, 0.6) is 5.75 Å². The highest BCUT2D eigenvalue weighted by Gasteiger charge is 2.15. The molecule has 0 radical (unpaired) electrons. The third-order valence-corrected chi connectivity index (χ3v) is 3.54. The molecule has 1 fully saturated rings. The van der Waals surface area contributed by atoms with Gasteiger partial charge in [0, 0.05) is 13.1 Å². The van der Waals surface area contributed by atoms with Crippen LogP contribution in [0.15, 0.2) is 24.3 Å². The SMILES string of the molecule is CC1CCCN(CCCOc2ccccc2N)C1. The Bertz CT molecular complexity index is 367. The minimum Gasteiger partial charge on any atom is -0.491 e. The van der Waals surface area contributed by atoms with Crippen molar-refractivity contribution < 1.29 is 4.74 Å². The van der Waals surface area contributed by atoms with Crippen molar-refractivity contribution in [2.45, 2.75) is 26.2 Å². The van der Waals surface area contributed by atoms with E-state index in [1.54, 1.807) is 0 Å². The molecule has 0 aromatic heterocycles. The van der Waals surface area contributed by atoms with Crippen LogP contribution in [-0.4, -0.2) is 31.1 Å². The Hall–Kier alpha value is -1.22. The van der Waals surface area contributed by atoms with Crippen molar-refractivity contribution in [3.05, 3.63) is 24.3 Å². The zero-order valence-electron chi connectivity index (χ0n) is 11.3. The summed E-state index contributed by atoms with van der Waals surface area (Å²) in [7, 11) is 0. The van der Waals surface area contributed by atoms with E-state index < -0.39 is 0 Å². The molecular formula is C15H24N2O. The molecule has 0 bridgehead atoms. The van der Waals surface area contributed by atoms with E-state index in [0.29, 0.717) is 0 Å². The van der Waals surface area contributed by atoms with Crippen molar-refractivity contribution >= 4 is 5.69 Å². The summed E-state index contributed by atoms with van der Waals surface area (Å²) in [4.78, 5) is 2.55.